The van der Waals surface area contributed by atoms with E-state index in [0.29, 0.717) is 12.8 Å². The maximum absolute atomic E-state index is 13.3. The van der Waals surface area contributed by atoms with E-state index in [-0.39, 0.29) is 18.9 Å². The van der Waals surface area contributed by atoms with Crippen LogP contribution >= 0.6 is 0 Å². The van der Waals surface area contributed by atoms with Crippen molar-refractivity contribution in [3.05, 3.63) is 24.3 Å². The molecule has 0 aromatic rings. The molecule has 0 spiro atoms. The molecule has 74 heavy (non-hydrogen) atoms. The summed E-state index contributed by atoms with van der Waals surface area (Å²) in [5, 5.41) is 87.1. The van der Waals surface area contributed by atoms with Crippen LogP contribution in [0.25, 0.3) is 0 Å². The zero-order valence-electron chi connectivity index (χ0n) is 46.8. The van der Waals surface area contributed by atoms with E-state index in [2.05, 4.69) is 31.3 Å². The standard InChI is InChI=1S/C60H113NO13/c1-3-5-7-9-11-13-15-17-19-21-23-24-25-26-28-30-32-34-36-38-40-42-44-52(65)61-48(49(64)43-41-39-37-35-33-31-29-27-22-20-18-16-14-12-10-8-6-4-2)47-71-59-57(70)55(68)58(51(46-63)73-59)74-60-56(69)54(67)53(66)50(45-62)72-60/h33,35,41,43,48-51,53-60,62-64,66-70H,3-32,34,36-40,42,44-47H2,1-2H3,(H,61,65)/b35-33+,43-41+. The zero-order chi connectivity index (χ0) is 53.9. The van der Waals surface area contributed by atoms with Gasteiger partial charge in [-0.05, 0) is 32.1 Å². The van der Waals surface area contributed by atoms with Crippen LogP contribution in [0.4, 0.5) is 0 Å². The van der Waals surface area contributed by atoms with Gasteiger partial charge in [0.25, 0.3) is 0 Å². The SMILES string of the molecule is CCCCCCCCCCCCCC/C=C/CC/C=C/C(O)C(COC1OC(CO)C(OC2OC(CO)C(O)C(O)C2O)C(O)C1O)NC(=O)CCCCCCCCCCCCCCCCCCCCCCCC. The third-order valence-corrected chi connectivity index (χ3v) is 15.1. The first-order valence-electron chi connectivity index (χ1n) is 30.6. The van der Waals surface area contributed by atoms with Gasteiger partial charge in [-0.1, -0.05) is 244 Å². The average molecular weight is 1060 g/mol. The predicted molar refractivity (Wildman–Crippen MR) is 295 cm³/mol. The predicted octanol–water partition coefficient (Wildman–Crippen LogP) is 10.4. The average Bonchev–Trinajstić information content (AvgIpc) is 3.40. The molecule has 14 nitrogen and oxygen atoms in total. The summed E-state index contributed by atoms with van der Waals surface area (Å²) >= 11 is 0. The molecule has 2 saturated heterocycles. The van der Waals surface area contributed by atoms with Crippen molar-refractivity contribution in [1.82, 2.24) is 5.32 Å². The Balaban J connectivity index is 1.76. The van der Waals surface area contributed by atoms with Crippen molar-refractivity contribution >= 4 is 5.91 Å². The number of allylic oxidation sites excluding steroid dienone is 3. The molecule has 2 aliphatic rings. The Kier molecular flexibility index (Phi) is 43.0. The highest BCUT2D eigenvalue weighted by molar-refractivity contribution is 5.76. The van der Waals surface area contributed by atoms with Crippen molar-refractivity contribution in [2.75, 3.05) is 19.8 Å². The summed E-state index contributed by atoms with van der Waals surface area (Å²) in [4.78, 5) is 13.3. The number of amides is 1. The first kappa shape index (κ1) is 68.6. The molecule has 2 fully saturated rings. The molecule has 0 bridgehead atoms. The van der Waals surface area contributed by atoms with E-state index < -0.39 is 86.8 Å². The van der Waals surface area contributed by atoms with E-state index in [1.807, 2.05) is 6.08 Å². The summed E-state index contributed by atoms with van der Waals surface area (Å²) in [5.74, 6) is -0.244. The van der Waals surface area contributed by atoms with Crippen LogP contribution in [0, 0.1) is 0 Å². The van der Waals surface area contributed by atoms with Crippen molar-refractivity contribution in [2.24, 2.45) is 0 Å². The molecule has 2 rings (SSSR count). The lowest BCUT2D eigenvalue weighted by Crippen LogP contribution is -2.65. The Morgan fingerprint density at radius 1 is 0.473 bits per heavy atom. The van der Waals surface area contributed by atoms with Gasteiger partial charge in [0.05, 0.1) is 32.0 Å². The Morgan fingerprint density at radius 2 is 0.865 bits per heavy atom. The summed E-state index contributed by atoms with van der Waals surface area (Å²) < 4.78 is 22.8. The molecule has 14 heteroatoms. The molecule has 2 heterocycles. The number of rotatable bonds is 49. The lowest BCUT2D eigenvalue weighted by Gasteiger charge is -2.46. The summed E-state index contributed by atoms with van der Waals surface area (Å²) in [6, 6.07) is -0.927. The topological polar surface area (TPSA) is 228 Å². The van der Waals surface area contributed by atoms with E-state index in [4.69, 9.17) is 18.9 Å². The molecule has 0 saturated carbocycles. The molecule has 436 valence electrons. The molecule has 0 radical (unpaired) electrons. The van der Waals surface area contributed by atoms with E-state index in [1.165, 1.54) is 193 Å². The number of aliphatic hydroxyl groups excluding tert-OH is 8. The Hall–Kier alpha value is -1.53. The minimum atomic E-state index is -1.79. The normalized spacial score (nSPS) is 25.3. The zero-order valence-corrected chi connectivity index (χ0v) is 46.8. The number of carbonyl (C=O) groups excluding carboxylic acids is 1. The Labute approximate surface area is 449 Å². The lowest BCUT2D eigenvalue weighted by atomic mass is 9.97. The molecule has 12 atom stereocenters. The first-order valence-corrected chi connectivity index (χ1v) is 30.6. The van der Waals surface area contributed by atoms with Gasteiger partial charge in [-0.15, -0.1) is 0 Å². The van der Waals surface area contributed by atoms with Gasteiger partial charge in [-0.2, -0.15) is 0 Å². The van der Waals surface area contributed by atoms with Gasteiger partial charge in [-0.3, -0.25) is 4.79 Å². The Morgan fingerprint density at radius 3 is 1.32 bits per heavy atom. The van der Waals surface area contributed by atoms with Crippen LogP contribution in [0.5, 0.6) is 0 Å². The second-order valence-electron chi connectivity index (χ2n) is 21.8. The smallest absolute Gasteiger partial charge is 0.220 e. The maximum Gasteiger partial charge on any atom is 0.220 e. The highest BCUT2D eigenvalue weighted by atomic mass is 16.7. The van der Waals surface area contributed by atoms with E-state index in [1.54, 1.807) is 6.08 Å². The summed E-state index contributed by atoms with van der Waals surface area (Å²) in [5.41, 5.74) is 0. The van der Waals surface area contributed by atoms with Crippen LogP contribution in [0.15, 0.2) is 24.3 Å². The number of ether oxygens (including phenoxy) is 4. The fraction of sp³-hybridized carbons (Fsp3) is 0.917. The van der Waals surface area contributed by atoms with Crippen molar-refractivity contribution in [2.45, 2.75) is 331 Å². The van der Waals surface area contributed by atoms with Gasteiger partial charge in [0.15, 0.2) is 12.6 Å². The number of nitrogens with one attached hydrogen (secondary N) is 1. The second kappa shape index (κ2) is 46.4. The number of aliphatic hydroxyl groups is 8. The van der Waals surface area contributed by atoms with Crippen molar-refractivity contribution in [3.63, 3.8) is 0 Å². The van der Waals surface area contributed by atoms with E-state index in [9.17, 15) is 45.6 Å². The third-order valence-electron chi connectivity index (χ3n) is 15.1. The monoisotopic (exact) mass is 1060 g/mol. The third kappa shape index (κ3) is 31.8. The number of unbranched alkanes of at least 4 members (excludes halogenated alkanes) is 34. The van der Waals surface area contributed by atoms with E-state index >= 15 is 0 Å². The van der Waals surface area contributed by atoms with E-state index in [0.717, 1.165) is 32.1 Å². The summed E-state index contributed by atoms with van der Waals surface area (Å²) in [6.07, 6.45) is 37.9. The fourth-order valence-corrected chi connectivity index (χ4v) is 10.2. The molecule has 0 aromatic heterocycles. The quantitative estimate of drug-likeness (QED) is 0.0204. The van der Waals surface area contributed by atoms with Crippen molar-refractivity contribution < 1.29 is 64.6 Å². The van der Waals surface area contributed by atoms with Crippen LogP contribution < -0.4 is 5.32 Å². The molecular formula is C60H113NO13. The van der Waals surface area contributed by atoms with Crippen LogP contribution in [0.1, 0.15) is 258 Å². The molecule has 0 aliphatic carbocycles. The number of hydrogen-bond donors (Lipinski definition) is 9. The van der Waals surface area contributed by atoms with Crippen molar-refractivity contribution in [1.29, 1.82) is 0 Å². The van der Waals surface area contributed by atoms with Gasteiger partial charge in [-0.25, -0.2) is 0 Å². The molecule has 0 aromatic carbocycles. The minimum Gasteiger partial charge on any atom is -0.394 e. The highest BCUT2D eigenvalue weighted by Gasteiger charge is 2.51. The molecule has 1 amide bonds. The second-order valence-corrected chi connectivity index (χ2v) is 21.8. The molecule has 9 N–H and O–H groups in total. The number of carbonyl (C=O) groups is 1. The van der Waals surface area contributed by atoms with Gasteiger partial charge in [0.2, 0.25) is 5.91 Å². The maximum atomic E-state index is 13.3. The van der Waals surface area contributed by atoms with Crippen molar-refractivity contribution in [3.8, 4) is 0 Å². The van der Waals surface area contributed by atoms with Gasteiger partial charge in [0.1, 0.15) is 48.8 Å². The summed E-state index contributed by atoms with van der Waals surface area (Å²) in [7, 11) is 0. The Bertz CT molecular complexity index is 1340. The summed E-state index contributed by atoms with van der Waals surface area (Å²) in [6.45, 7) is 2.81. The molecule has 12 unspecified atom stereocenters. The molecular weight excluding hydrogens is 943 g/mol. The van der Waals surface area contributed by atoms with Gasteiger partial charge >= 0.3 is 0 Å². The number of hydrogen-bond acceptors (Lipinski definition) is 13. The van der Waals surface area contributed by atoms with Crippen LogP contribution in [-0.4, -0.2) is 140 Å². The van der Waals surface area contributed by atoms with Crippen LogP contribution in [0.2, 0.25) is 0 Å². The van der Waals surface area contributed by atoms with Gasteiger partial charge in [0, 0.05) is 6.42 Å². The van der Waals surface area contributed by atoms with Crippen LogP contribution in [-0.2, 0) is 23.7 Å². The fourth-order valence-electron chi connectivity index (χ4n) is 10.2. The lowest BCUT2D eigenvalue weighted by molar-refractivity contribution is -0.359. The van der Waals surface area contributed by atoms with Gasteiger partial charge < -0.3 is 65.1 Å². The first-order chi connectivity index (χ1) is 36.1. The highest BCUT2D eigenvalue weighted by Crippen LogP contribution is 2.30. The van der Waals surface area contributed by atoms with Crippen LogP contribution in [0.3, 0.4) is 0 Å². The largest absolute Gasteiger partial charge is 0.394 e. The minimum absolute atomic E-state index is 0.244. The molecule has 2 aliphatic heterocycles.